The zero-order valence-corrected chi connectivity index (χ0v) is 7.27. The van der Waals surface area contributed by atoms with E-state index >= 15 is 0 Å². The van der Waals surface area contributed by atoms with Crippen LogP contribution in [0.4, 0.5) is 5.88 Å². The summed E-state index contributed by atoms with van der Waals surface area (Å²) in [4.78, 5) is 0. The Hall–Kier alpha value is -0.740. The van der Waals surface area contributed by atoms with Gasteiger partial charge in [-0.2, -0.15) is 0 Å². The molecule has 5 heteroatoms. The van der Waals surface area contributed by atoms with Crippen LogP contribution < -0.4 is 11.1 Å². The molecule has 1 atom stereocenters. The number of aromatic nitrogens is 1. The predicted octanol–water partition coefficient (Wildman–Crippen LogP) is 0.987. The van der Waals surface area contributed by atoms with Crippen molar-refractivity contribution >= 4 is 17.5 Å². The van der Waals surface area contributed by atoms with Crippen molar-refractivity contribution in [1.29, 1.82) is 0 Å². The van der Waals surface area contributed by atoms with E-state index in [1.807, 2.05) is 0 Å². The minimum absolute atomic E-state index is 0.355. The monoisotopic (exact) mass is 187 g/mol. The van der Waals surface area contributed by atoms with Crippen molar-refractivity contribution in [3.63, 3.8) is 0 Å². The first kappa shape index (κ1) is 7.89. The molecule has 0 aliphatic carbocycles. The topological polar surface area (TPSA) is 64.1 Å². The molecule has 3 N–H and O–H groups in total. The molecule has 0 aromatic carbocycles. The highest BCUT2D eigenvalue weighted by molar-refractivity contribution is 6.30. The highest BCUT2D eigenvalue weighted by Crippen LogP contribution is 2.32. The van der Waals surface area contributed by atoms with Crippen molar-refractivity contribution in [2.75, 3.05) is 18.8 Å². The standard InChI is InChI=1S/C7H10ClN3O/c8-6-5(7(9)12-11-6)4-1-2-10-3-4/h4,10H,1-3,9H2. The van der Waals surface area contributed by atoms with Crippen LogP contribution in [0.1, 0.15) is 17.9 Å². The Morgan fingerprint density at radius 2 is 2.50 bits per heavy atom. The Balaban J connectivity index is 2.30. The summed E-state index contributed by atoms with van der Waals surface area (Å²) in [6, 6.07) is 0. The fourth-order valence-electron chi connectivity index (χ4n) is 1.56. The molecule has 4 nitrogen and oxygen atoms in total. The molecule has 0 spiro atoms. The van der Waals surface area contributed by atoms with Crippen LogP contribution in [0.5, 0.6) is 0 Å². The molecule has 0 amide bonds. The van der Waals surface area contributed by atoms with Gasteiger partial charge >= 0.3 is 0 Å². The maximum absolute atomic E-state index is 5.81. The number of hydrogen-bond donors (Lipinski definition) is 2. The van der Waals surface area contributed by atoms with E-state index in [4.69, 9.17) is 21.9 Å². The average Bonchev–Trinajstić information content (AvgIpc) is 2.61. The Labute approximate surface area is 75.0 Å². The lowest BCUT2D eigenvalue weighted by Crippen LogP contribution is -2.08. The van der Waals surface area contributed by atoms with Gasteiger partial charge in [0.05, 0.1) is 5.56 Å². The molecule has 1 aliphatic rings. The third-order valence-electron chi connectivity index (χ3n) is 2.18. The van der Waals surface area contributed by atoms with Crippen molar-refractivity contribution in [1.82, 2.24) is 10.5 Å². The molecule has 1 fully saturated rings. The predicted molar refractivity (Wildman–Crippen MR) is 46.2 cm³/mol. The van der Waals surface area contributed by atoms with E-state index in [0.717, 1.165) is 25.1 Å². The summed E-state index contributed by atoms with van der Waals surface area (Å²) < 4.78 is 4.78. The molecule has 1 aliphatic heterocycles. The minimum atomic E-state index is 0.355. The van der Waals surface area contributed by atoms with E-state index in [9.17, 15) is 0 Å². The van der Waals surface area contributed by atoms with Crippen LogP contribution in [0.3, 0.4) is 0 Å². The molecule has 2 heterocycles. The zero-order valence-electron chi connectivity index (χ0n) is 6.51. The van der Waals surface area contributed by atoms with Gasteiger partial charge in [0.25, 0.3) is 0 Å². The fraction of sp³-hybridized carbons (Fsp3) is 0.571. The number of nitrogens with two attached hydrogens (primary N) is 1. The lowest BCUT2D eigenvalue weighted by atomic mass is 10.0. The van der Waals surface area contributed by atoms with Gasteiger partial charge in [0.1, 0.15) is 0 Å². The smallest absolute Gasteiger partial charge is 0.227 e. The molecule has 0 bridgehead atoms. The lowest BCUT2D eigenvalue weighted by Gasteiger charge is -2.04. The molecule has 1 aromatic rings. The van der Waals surface area contributed by atoms with E-state index in [-0.39, 0.29) is 0 Å². The minimum Gasteiger partial charge on any atom is -0.367 e. The first-order chi connectivity index (χ1) is 5.79. The van der Waals surface area contributed by atoms with E-state index in [2.05, 4.69) is 10.5 Å². The molecule has 1 aromatic heterocycles. The van der Waals surface area contributed by atoms with Crippen LogP contribution >= 0.6 is 11.6 Å². The van der Waals surface area contributed by atoms with Gasteiger partial charge in [-0.3, -0.25) is 0 Å². The maximum Gasteiger partial charge on any atom is 0.227 e. The van der Waals surface area contributed by atoms with Crippen molar-refractivity contribution in [3.8, 4) is 0 Å². The van der Waals surface area contributed by atoms with Crippen LogP contribution in [-0.4, -0.2) is 18.2 Å². The fourth-order valence-corrected chi connectivity index (χ4v) is 1.84. The summed E-state index contributed by atoms with van der Waals surface area (Å²) in [6.45, 7) is 1.91. The second-order valence-corrected chi connectivity index (χ2v) is 3.30. The molecule has 0 saturated carbocycles. The Morgan fingerprint density at radius 1 is 1.67 bits per heavy atom. The lowest BCUT2D eigenvalue weighted by molar-refractivity contribution is 0.436. The van der Waals surface area contributed by atoms with E-state index in [1.54, 1.807) is 0 Å². The second-order valence-electron chi connectivity index (χ2n) is 2.94. The zero-order chi connectivity index (χ0) is 8.55. The first-order valence-corrected chi connectivity index (χ1v) is 4.28. The molecular formula is C7H10ClN3O. The number of nitrogens with zero attached hydrogens (tertiary/aromatic N) is 1. The van der Waals surface area contributed by atoms with Crippen molar-refractivity contribution in [2.24, 2.45) is 0 Å². The Bertz CT molecular complexity index is 261. The van der Waals surface area contributed by atoms with Crippen LogP contribution in [0.15, 0.2) is 4.52 Å². The average molecular weight is 188 g/mol. The number of nitrogen functional groups attached to an aromatic ring is 1. The number of nitrogens with one attached hydrogen (secondary N) is 1. The normalized spacial score (nSPS) is 23.2. The van der Waals surface area contributed by atoms with Gasteiger partial charge in [0, 0.05) is 12.5 Å². The summed E-state index contributed by atoms with van der Waals surface area (Å²) in [5.74, 6) is 0.720. The van der Waals surface area contributed by atoms with Gasteiger partial charge in [0.2, 0.25) is 5.88 Å². The largest absolute Gasteiger partial charge is 0.367 e. The van der Waals surface area contributed by atoms with Crippen LogP contribution in [0.2, 0.25) is 5.15 Å². The third kappa shape index (κ3) is 1.17. The van der Waals surface area contributed by atoms with Gasteiger partial charge in [0.15, 0.2) is 5.15 Å². The molecule has 2 rings (SSSR count). The molecule has 1 unspecified atom stereocenters. The SMILES string of the molecule is Nc1onc(Cl)c1C1CCNC1. The van der Waals surface area contributed by atoms with Crippen LogP contribution in [-0.2, 0) is 0 Å². The van der Waals surface area contributed by atoms with Crippen molar-refractivity contribution in [3.05, 3.63) is 10.7 Å². The highest BCUT2D eigenvalue weighted by Gasteiger charge is 2.24. The summed E-state index contributed by atoms with van der Waals surface area (Å²) >= 11 is 5.81. The Morgan fingerprint density at radius 3 is 3.00 bits per heavy atom. The highest BCUT2D eigenvalue weighted by atomic mass is 35.5. The maximum atomic E-state index is 5.81. The quantitative estimate of drug-likeness (QED) is 0.688. The number of anilines is 1. The molecule has 66 valence electrons. The van der Waals surface area contributed by atoms with E-state index in [0.29, 0.717) is 17.0 Å². The third-order valence-corrected chi connectivity index (χ3v) is 2.45. The van der Waals surface area contributed by atoms with E-state index in [1.165, 1.54) is 0 Å². The first-order valence-electron chi connectivity index (χ1n) is 3.90. The number of rotatable bonds is 1. The van der Waals surface area contributed by atoms with Gasteiger partial charge in [-0.15, -0.1) is 0 Å². The van der Waals surface area contributed by atoms with Gasteiger partial charge in [-0.1, -0.05) is 16.8 Å². The number of halogens is 1. The molecular weight excluding hydrogens is 178 g/mol. The summed E-state index contributed by atoms with van der Waals surface area (Å²) in [5.41, 5.74) is 6.44. The van der Waals surface area contributed by atoms with E-state index < -0.39 is 0 Å². The second kappa shape index (κ2) is 2.95. The van der Waals surface area contributed by atoms with Crippen molar-refractivity contribution < 1.29 is 4.52 Å². The summed E-state index contributed by atoms with van der Waals surface area (Å²) in [7, 11) is 0. The molecule has 0 radical (unpaired) electrons. The van der Waals surface area contributed by atoms with Crippen LogP contribution in [0.25, 0.3) is 0 Å². The Kier molecular flexibility index (Phi) is 1.94. The van der Waals surface area contributed by atoms with Gasteiger partial charge < -0.3 is 15.6 Å². The summed E-state index contributed by atoms with van der Waals surface area (Å²) in [5, 5.41) is 7.23. The molecule has 1 saturated heterocycles. The van der Waals surface area contributed by atoms with Gasteiger partial charge in [-0.05, 0) is 13.0 Å². The molecule has 12 heavy (non-hydrogen) atoms. The number of hydrogen-bond acceptors (Lipinski definition) is 4. The van der Waals surface area contributed by atoms with Gasteiger partial charge in [-0.25, -0.2) is 0 Å². The van der Waals surface area contributed by atoms with Crippen molar-refractivity contribution in [2.45, 2.75) is 12.3 Å². The van der Waals surface area contributed by atoms with Crippen LogP contribution in [0, 0.1) is 0 Å². The summed E-state index contributed by atoms with van der Waals surface area (Å²) in [6.07, 6.45) is 1.05.